The molecule has 2 aromatic heterocycles. The Morgan fingerprint density at radius 3 is 2.80 bits per heavy atom. The Morgan fingerprint density at radius 2 is 1.90 bits per heavy atom. The lowest BCUT2D eigenvalue weighted by Gasteiger charge is -2.30. The van der Waals surface area contributed by atoms with E-state index >= 15 is 0 Å². The van der Waals surface area contributed by atoms with Crippen LogP contribution in [0.25, 0.3) is 5.65 Å². The van der Waals surface area contributed by atoms with Gasteiger partial charge in [0.25, 0.3) is 0 Å². The predicted octanol–water partition coefficient (Wildman–Crippen LogP) is 1.87. The molecule has 0 atom stereocenters. The fraction of sp³-hybridized carbons (Fsp3) is 0.200. The molecule has 0 bridgehead atoms. The van der Waals surface area contributed by atoms with Crippen LogP contribution in [0.15, 0.2) is 42.6 Å². The van der Waals surface area contributed by atoms with E-state index in [9.17, 15) is 0 Å². The summed E-state index contributed by atoms with van der Waals surface area (Å²) in [7, 11) is 0. The summed E-state index contributed by atoms with van der Waals surface area (Å²) in [5.41, 5.74) is 10.4. The standard InChI is InChI=1S/C15H15N5/c16-15-17-14-13(6-3-8-20(14)18-15)19-9-7-11-4-1-2-5-12(11)10-19/h1-6,8H,7,9-10H2,(H2,16,18). The zero-order chi connectivity index (χ0) is 13.5. The van der Waals surface area contributed by atoms with E-state index in [1.807, 2.05) is 12.3 Å². The molecule has 5 nitrogen and oxygen atoms in total. The maximum absolute atomic E-state index is 5.70. The number of rotatable bonds is 1. The highest BCUT2D eigenvalue weighted by atomic mass is 15.3. The molecule has 0 spiro atoms. The van der Waals surface area contributed by atoms with Crippen molar-refractivity contribution in [1.29, 1.82) is 0 Å². The van der Waals surface area contributed by atoms with Crippen LogP contribution in [0, 0.1) is 0 Å². The molecule has 0 amide bonds. The molecular formula is C15H15N5. The minimum absolute atomic E-state index is 0.315. The monoisotopic (exact) mass is 265 g/mol. The van der Waals surface area contributed by atoms with E-state index < -0.39 is 0 Å². The summed E-state index contributed by atoms with van der Waals surface area (Å²) in [6.07, 6.45) is 2.93. The van der Waals surface area contributed by atoms with Gasteiger partial charge in [-0.15, -0.1) is 5.10 Å². The van der Waals surface area contributed by atoms with Crippen molar-refractivity contribution in [3.05, 3.63) is 53.7 Å². The van der Waals surface area contributed by atoms with Crippen LogP contribution in [0.1, 0.15) is 11.1 Å². The van der Waals surface area contributed by atoms with E-state index in [0.29, 0.717) is 5.95 Å². The average Bonchev–Trinajstić information content (AvgIpc) is 2.86. The van der Waals surface area contributed by atoms with Gasteiger partial charge in [-0.2, -0.15) is 4.98 Å². The van der Waals surface area contributed by atoms with Crippen LogP contribution in [0.4, 0.5) is 11.6 Å². The van der Waals surface area contributed by atoms with E-state index in [2.05, 4.69) is 45.3 Å². The first-order chi connectivity index (χ1) is 9.81. The first-order valence-electron chi connectivity index (χ1n) is 6.74. The summed E-state index contributed by atoms with van der Waals surface area (Å²) in [6.45, 7) is 1.89. The number of nitrogens with zero attached hydrogens (tertiary/aromatic N) is 4. The molecule has 0 saturated carbocycles. The molecule has 3 heterocycles. The van der Waals surface area contributed by atoms with Gasteiger partial charge in [0.05, 0.1) is 5.69 Å². The first-order valence-corrected chi connectivity index (χ1v) is 6.74. The van der Waals surface area contributed by atoms with Crippen LogP contribution in [-0.4, -0.2) is 21.1 Å². The summed E-state index contributed by atoms with van der Waals surface area (Å²) in [6, 6.07) is 12.7. The summed E-state index contributed by atoms with van der Waals surface area (Å²) in [5, 5.41) is 4.17. The number of pyridine rings is 1. The predicted molar refractivity (Wildman–Crippen MR) is 78.6 cm³/mol. The van der Waals surface area contributed by atoms with Crippen LogP contribution in [-0.2, 0) is 13.0 Å². The smallest absolute Gasteiger partial charge is 0.240 e. The Hall–Kier alpha value is -2.56. The van der Waals surface area contributed by atoms with Gasteiger partial charge in [-0.25, -0.2) is 4.52 Å². The fourth-order valence-electron chi connectivity index (χ4n) is 2.86. The molecule has 0 aliphatic carbocycles. The van der Waals surface area contributed by atoms with Crippen LogP contribution < -0.4 is 10.6 Å². The van der Waals surface area contributed by atoms with Gasteiger partial charge in [-0.05, 0) is 29.7 Å². The number of hydrogen-bond acceptors (Lipinski definition) is 4. The maximum Gasteiger partial charge on any atom is 0.240 e. The second kappa shape index (κ2) is 4.23. The lowest BCUT2D eigenvalue weighted by atomic mass is 9.99. The lowest BCUT2D eigenvalue weighted by molar-refractivity contribution is 0.731. The fourth-order valence-corrected chi connectivity index (χ4v) is 2.86. The minimum Gasteiger partial charge on any atom is -0.366 e. The van der Waals surface area contributed by atoms with Gasteiger partial charge in [0, 0.05) is 19.3 Å². The Balaban J connectivity index is 1.78. The minimum atomic E-state index is 0.315. The van der Waals surface area contributed by atoms with Gasteiger partial charge in [-0.1, -0.05) is 24.3 Å². The Bertz CT molecular complexity index is 777. The molecule has 20 heavy (non-hydrogen) atoms. The zero-order valence-corrected chi connectivity index (χ0v) is 11.0. The van der Waals surface area contributed by atoms with Crippen molar-refractivity contribution in [2.75, 3.05) is 17.2 Å². The van der Waals surface area contributed by atoms with E-state index in [-0.39, 0.29) is 0 Å². The number of fused-ring (bicyclic) bond motifs is 2. The molecule has 0 saturated heterocycles. The van der Waals surface area contributed by atoms with E-state index in [1.165, 1.54) is 11.1 Å². The van der Waals surface area contributed by atoms with Crippen LogP contribution >= 0.6 is 0 Å². The van der Waals surface area contributed by atoms with Gasteiger partial charge in [0.1, 0.15) is 0 Å². The molecule has 5 heteroatoms. The maximum atomic E-state index is 5.70. The van der Waals surface area contributed by atoms with Gasteiger partial charge < -0.3 is 10.6 Å². The Kier molecular flexibility index (Phi) is 2.39. The number of anilines is 2. The molecule has 1 aromatic carbocycles. The molecule has 4 rings (SSSR count). The normalized spacial score (nSPS) is 14.5. The second-order valence-electron chi connectivity index (χ2n) is 5.07. The topological polar surface area (TPSA) is 59.5 Å². The van der Waals surface area contributed by atoms with Crippen molar-refractivity contribution in [2.45, 2.75) is 13.0 Å². The quantitative estimate of drug-likeness (QED) is 0.729. The molecular weight excluding hydrogens is 250 g/mol. The van der Waals surface area contributed by atoms with E-state index in [1.54, 1.807) is 4.52 Å². The SMILES string of the molecule is Nc1nc2c(N3CCc4ccccc4C3)cccn2n1. The summed E-state index contributed by atoms with van der Waals surface area (Å²) < 4.78 is 1.74. The third-order valence-corrected chi connectivity index (χ3v) is 3.83. The highest BCUT2D eigenvalue weighted by molar-refractivity contribution is 5.70. The largest absolute Gasteiger partial charge is 0.366 e. The number of hydrogen-bond donors (Lipinski definition) is 1. The van der Waals surface area contributed by atoms with Crippen molar-refractivity contribution >= 4 is 17.3 Å². The summed E-state index contributed by atoms with van der Waals surface area (Å²) in [5.74, 6) is 0.315. The number of aromatic nitrogens is 3. The first kappa shape index (κ1) is 11.3. The third-order valence-electron chi connectivity index (χ3n) is 3.83. The van der Waals surface area contributed by atoms with Gasteiger partial charge >= 0.3 is 0 Å². The van der Waals surface area contributed by atoms with Crippen LogP contribution in [0.2, 0.25) is 0 Å². The molecule has 0 radical (unpaired) electrons. The molecule has 0 fully saturated rings. The zero-order valence-electron chi connectivity index (χ0n) is 11.0. The molecule has 0 unspecified atom stereocenters. The molecule has 3 aromatic rings. The third kappa shape index (κ3) is 1.71. The van der Waals surface area contributed by atoms with Crippen molar-refractivity contribution in [3.63, 3.8) is 0 Å². The lowest BCUT2D eigenvalue weighted by Crippen LogP contribution is -2.30. The molecule has 100 valence electrons. The average molecular weight is 265 g/mol. The van der Waals surface area contributed by atoms with Crippen molar-refractivity contribution in [1.82, 2.24) is 14.6 Å². The second-order valence-corrected chi connectivity index (χ2v) is 5.07. The van der Waals surface area contributed by atoms with Crippen molar-refractivity contribution in [3.8, 4) is 0 Å². The molecule has 2 N–H and O–H groups in total. The highest BCUT2D eigenvalue weighted by Gasteiger charge is 2.19. The molecule has 1 aliphatic rings. The van der Waals surface area contributed by atoms with Crippen molar-refractivity contribution in [2.24, 2.45) is 0 Å². The van der Waals surface area contributed by atoms with Gasteiger partial charge in [-0.3, -0.25) is 0 Å². The van der Waals surface area contributed by atoms with Gasteiger partial charge in [0.15, 0.2) is 5.65 Å². The number of nitrogens with two attached hydrogens (primary N) is 1. The number of benzene rings is 1. The van der Waals surface area contributed by atoms with Crippen LogP contribution in [0.5, 0.6) is 0 Å². The summed E-state index contributed by atoms with van der Waals surface area (Å²) in [4.78, 5) is 6.67. The Labute approximate surface area is 116 Å². The highest BCUT2D eigenvalue weighted by Crippen LogP contribution is 2.27. The van der Waals surface area contributed by atoms with E-state index in [0.717, 1.165) is 30.8 Å². The Morgan fingerprint density at radius 1 is 1.05 bits per heavy atom. The van der Waals surface area contributed by atoms with Gasteiger partial charge in [0.2, 0.25) is 5.95 Å². The van der Waals surface area contributed by atoms with Crippen LogP contribution in [0.3, 0.4) is 0 Å². The summed E-state index contributed by atoms with van der Waals surface area (Å²) >= 11 is 0. The molecule has 1 aliphatic heterocycles. The number of nitrogen functional groups attached to an aromatic ring is 1. The van der Waals surface area contributed by atoms with E-state index in [4.69, 9.17) is 5.73 Å². The van der Waals surface area contributed by atoms with Crippen molar-refractivity contribution < 1.29 is 0 Å².